The van der Waals surface area contributed by atoms with Gasteiger partial charge in [0.25, 0.3) is 5.69 Å². The van der Waals surface area contributed by atoms with Gasteiger partial charge in [0.1, 0.15) is 17.4 Å². The van der Waals surface area contributed by atoms with Crippen molar-refractivity contribution in [1.82, 2.24) is 0 Å². The van der Waals surface area contributed by atoms with Crippen molar-refractivity contribution in [2.24, 2.45) is 0 Å². The first kappa shape index (κ1) is 13.0. The maximum atomic E-state index is 11.2. The van der Waals surface area contributed by atoms with Crippen LogP contribution in [-0.2, 0) is 0 Å². The molecular weight excluding hydrogens is 254 g/mol. The van der Waals surface area contributed by atoms with Gasteiger partial charge < -0.3 is 14.3 Å². The van der Waals surface area contributed by atoms with Gasteiger partial charge in [-0.2, -0.15) is 0 Å². The molecule has 2 aromatic rings. The molecule has 0 unspecified atom stereocenters. The molecule has 0 aliphatic carbocycles. The van der Waals surface area contributed by atoms with Crippen LogP contribution >= 0.6 is 0 Å². The summed E-state index contributed by atoms with van der Waals surface area (Å²) in [6.07, 6.45) is 0.469. The molecule has 0 aliphatic heterocycles. The lowest BCUT2D eigenvalue weighted by Crippen LogP contribution is -2.02. The molecule has 0 saturated carbocycles. The first-order valence-electron chi connectivity index (χ1n) is 5.58. The number of nitrogens with zero attached hydrogens (tertiary/aromatic N) is 1. The summed E-state index contributed by atoms with van der Waals surface area (Å²) in [5.41, 5.74) is -0.986. The van der Waals surface area contributed by atoms with E-state index in [-0.39, 0.29) is 23.3 Å². The van der Waals surface area contributed by atoms with Crippen LogP contribution in [0.3, 0.4) is 0 Å². The third-order valence-corrected chi connectivity index (χ3v) is 2.46. The van der Waals surface area contributed by atoms with Crippen molar-refractivity contribution < 1.29 is 19.2 Å². The highest BCUT2D eigenvalue weighted by molar-refractivity contribution is 5.86. The zero-order valence-corrected chi connectivity index (χ0v) is 9.87. The Hall–Kier alpha value is -2.41. The Bertz CT molecular complexity index is 663. The maximum Gasteiger partial charge on any atom is 0.343 e. The van der Waals surface area contributed by atoms with Crippen LogP contribution in [0.5, 0.6) is 5.75 Å². The van der Waals surface area contributed by atoms with Gasteiger partial charge in [0, 0.05) is 19.1 Å². The molecule has 0 saturated heterocycles. The predicted octanol–water partition coefficient (Wildman–Crippen LogP) is 1.46. The number of nitro groups is 1. The molecule has 1 N–H and O–H groups in total. The van der Waals surface area contributed by atoms with Crippen LogP contribution < -0.4 is 10.4 Å². The summed E-state index contributed by atoms with van der Waals surface area (Å²) in [4.78, 5) is 21.4. The summed E-state index contributed by atoms with van der Waals surface area (Å²) in [6, 6.07) is 5.27. The minimum absolute atomic E-state index is 0.00807. The van der Waals surface area contributed by atoms with E-state index < -0.39 is 10.5 Å². The maximum absolute atomic E-state index is 11.2. The molecule has 100 valence electrons. The van der Waals surface area contributed by atoms with Gasteiger partial charge in [-0.05, 0) is 12.1 Å². The highest BCUT2D eigenvalue weighted by Gasteiger charge is 2.15. The molecule has 0 radical (unpaired) electrons. The van der Waals surface area contributed by atoms with Crippen LogP contribution in [0, 0.1) is 10.1 Å². The van der Waals surface area contributed by atoms with Crippen molar-refractivity contribution in [2.45, 2.75) is 6.42 Å². The quantitative estimate of drug-likeness (QED) is 0.380. The van der Waals surface area contributed by atoms with E-state index >= 15 is 0 Å². The average molecular weight is 265 g/mol. The fourth-order valence-corrected chi connectivity index (χ4v) is 1.62. The molecule has 0 bridgehead atoms. The Morgan fingerprint density at radius 2 is 2.16 bits per heavy atom. The molecule has 0 atom stereocenters. The number of ether oxygens (including phenoxy) is 1. The summed E-state index contributed by atoms with van der Waals surface area (Å²) in [5.74, 6) is 0.421. The van der Waals surface area contributed by atoms with E-state index in [0.717, 1.165) is 6.07 Å². The van der Waals surface area contributed by atoms with Gasteiger partial charge in [-0.3, -0.25) is 10.1 Å². The van der Waals surface area contributed by atoms with Crippen LogP contribution in [0.1, 0.15) is 6.42 Å². The topological polar surface area (TPSA) is 103 Å². The fourth-order valence-electron chi connectivity index (χ4n) is 1.62. The van der Waals surface area contributed by atoms with E-state index in [2.05, 4.69) is 0 Å². The number of rotatable bonds is 5. The molecule has 7 heteroatoms. The third kappa shape index (κ3) is 2.89. The van der Waals surface area contributed by atoms with Gasteiger partial charge in [-0.1, -0.05) is 0 Å². The molecule has 1 aromatic carbocycles. The minimum atomic E-state index is -0.785. The van der Waals surface area contributed by atoms with Crippen LogP contribution in [0.4, 0.5) is 5.69 Å². The van der Waals surface area contributed by atoms with Crippen molar-refractivity contribution in [2.75, 3.05) is 13.2 Å². The molecule has 0 spiro atoms. The zero-order chi connectivity index (χ0) is 13.8. The lowest BCUT2D eigenvalue weighted by Gasteiger charge is -2.05. The SMILES string of the molecule is O=c1cc([N+](=O)[O-])c2ccc(OCCCO)cc2o1. The highest BCUT2D eigenvalue weighted by Crippen LogP contribution is 2.26. The lowest BCUT2D eigenvalue weighted by atomic mass is 10.2. The Balaban J connectivity index is 2.43. The second kappa shape index (κ2) is 5.49. The molecule has 0 aliphatic rings. The van der Waals surface area contributed by atoms with E-state index in [0.29, 0.717) is 18.8 Å². The van der Waals surface area contributed by atoms with E-state index in [1.54, 1.807) is 6.07 Å². The zero-order valence-electron chi connectivity index (χ0n) is 9.87. The first-order valence-corrected chi connectivity index (χ1v) is 5.58. The van der Waals surface area contributed by atoms with E-state index in [1.807, 2.05) is 0 Å². The molecule has 2 rings (SSSR count). The fraction of sp³-hybridized carbons (Fsp3) is 0.250. The molecule has 1 heterocycles. The normalized spacial score (nSPS) is 10.6. The van der Waals surface area contributed by atoms with E-state index in [4.69, 9.17) is 14.3 Å². The summed E-state index contributed by atoms with van der Waals surface area (Å²) in [5, 5.41) is 19.7. The third-order valence-electron chi connectivity index (χ3n) is 2.46. The van der Waals surface area contributed by atoms with Crippen LogP contribution in [-0.4, -0.2) is 23.2 Å². The second-order valence-electron chi connectivity index (χ2n) is 3.79. The molecule has 19 heavy (non-hydrogen) atoms. The summed E-state index contributed by atoms with van der Waals surface area (Å²) < 4.78 is 10.2. The molecule has 0 amide bonds. The largest absolute Gasteiger partial charge is 0.493 e. The van der Waals surface area contributed by atoms with Crippen molar-refractivity contribution in [3.8, 4) is 5.75 Å². The van der Waals surface area contributed by atoms with Gasteiger partial charge in [0.2, 0.25) is 0 Å². The smallest absolute Gasteiger partial charge is 0.343 e. The van der Waals surface area contributed by atoms with E-state index in [9.17, 15) is 14.9 Å². The van der Waals surface area contributed by atoms with Crippen LogP contribution in [0.15, 0.2) is 33.5 Å². The average Bonchev–Trinajstić information content (AvgIpc) is 2.37. The first-order chi connectivity index (χ1) is 9.11. The summed E-state index contributed by atoms with van der Waals surface area (Å²) >= 11 is 0. The Labute approximate surface area is 107 Å². The predicted molar refractivity (Wildman–Crippen MR) is 66.3 cm³/mol. The van der Waals surface area contributed by atoms with Gasteiger partial charge in [0.05, 0.1) is 16.9 Å². The van der Waals surface area contributed by atoms with E-state index in [1.165, 1.54) is 12.1 Å². The lowest BCUT2D eigenvalue weighted by molar-refractivity contribution is -0.383. The summed E-state index contributed by atoms with van der Waals surface area (Å²) in [6.45, 7) is 0.315. The standard InChI is InChI=1S/C12H11NO6/c14-4-1-5-18-8-2-3-9-10(13(16)17)7-12(15)19-11(9)6-8/h2-3,6-7,14H,1,4-5H2. The van der Waals surface area contributed by atoms with Gasteiger partial charge in [0.15, 0.2) is 0 Å². The minimum Gasteiger partial charge on any atom is -0.493 e. The second-order valence-corrected chi connectivity index (χ2v) is 3.79. The molecule has 7 nitrogen and oxygen atoms in total. The molecular formula is C12H11NO6. The van der Waals surface area contributed by atoms with Gasteiger partial charge in [-0.25, -0.2) is 4.79 Å². The van der Waals surface area contributed by atoms with Crippen LogP contribution in [0.25, 0.3) is 11.0 Å². The Morgan fingerprint density at radius 1 is 1.37 bits per heavy atom. The van der Waals surface area contributed by atoms with Crippen LogP contribution in [0.2, 0.25) is 0 Å². The Morgan fingerprint density at radius 3 is 2.84 bits per heavy atom. The molecule has 0 fully saturated rings. The van der Waals surface area contributed by atoms with Gasteiger partial charge in [-0.15, -0.1) is 0 Å². The Kier molecular flexibility index (Phi) is 3.76. The van der Waals surface area contributed by atoms with Gasteiger partial charge >= 0.3 is 5.63 Å². The van der Waals surface area contributed by atoms with Crippen molar-refractivity contribution in [3.05, 3.63) is 44.8 Å². The van der Waals surface area contributed by atoms with Crippen molar-refractivity contribution in [1.29, 1.82) is 0 Å². The summed E-state index contributed by atoms with van der Waals surface area (Å²) in [7, 11) is 0. The number of aliphatic hydroxyl groups excluding tert-OH is 1. The number of hydrogen-bond donors (Lipinski definition) is 1. The monoisotopic (exact) mass is 265 g/mol. The number of fused-ring (bicyclic) bond motifs is 1. The highest BCUT2D eigenvalue weighted by atomic mass is 16.6. The molecule has 1 aromatic heterocycles. The number of aliphatic hydroxyl groups is 1. The van der Waals surface area contributed by atoms with Crippen molar-refractivity contribution in [3.63, 3.8) is 0 Å². The van der Waals surface area contributed by atoms with Crippen molar-refractivity contribution >= 4 is 16.7 Å². The number of benzene rings is 1. The number of hydrogen-bond acceptors (Lipinski definition) is 6.